The van der Waals surface area contributed by atoms with Crippen molar-refractivity contribution in [1.29, 1.82) is 0 Å². The van der Waals surface area contributed by atoms with Crippen molar-refractivity contribution < 1.29 is 29.4 Å². The maximum absolute atomic E-state index is 16.9. The van der Waals surface area contributed by atoms with Crippen LogP contribution in [0, 0.1) is 35.7 Å². The number of nitrogens with zero attached hydrogens (tertiary/aromatic N) is 5. The van der Waals surface area contributed by atoms with Crippen LogP contribution in [0.15, 0.2) is 24.4 Å². The molecular formula is C34H31F5N6O. The molecule has 8 rings (SSSR count). The van der Waals surface area contributed by atoms with Crippen LogP contribution < -0.4 is 15.4 Å². The Hall–Kier alpha value is -4.24. The lowest BCUT2D eigenvalue weighted by Gasteiger charge is -2.31. The van der Waals surface area contributed by atoms with Crippen molar-refractivity contribution in [3.63, 3.8) is 0 Å². The fourth-order valence-corrected chi connectivity index (χ4v) is 7.81. The van der Waals surface area contributed by atoms with Gasteiger partial charge in [-0.2, -0.15) is 9.97 Å². The van der Waals surface area contributed by atoms with E-state index < -0.39 is 59.5 Å². The Morgan fingerprint density at radius 3 is 2.78 bits per heavy atom. The van der Waals surface area contributed by atoms with E-state index in [1.807, 2.05) is 0 Å². The van der Waals surface area contributed by atoms with E-state index in [2.05, 4.69) is 20.9 Å². The number of ether oxygens (including phenoxy) is 1. The molecule has 1 aliphatic carbocycles. The van der Waals surface area contributed by atoms with E-state index in [1.165, 1.54) is 18.3 Å². The molecule has 3 saturated heterocycles. The second-order valence-electron chi connectivity index (χ2n) is 12.7. The Morgan fingerprint density at radius 2 is 1.96 bits per heavy atom. The molecule has 4 fully saturated rings. The number of benzene rings is 2. The molecule has 2 N–H and O–H groups in total. The van der Waals surface area contributed by atoms with Crippen molar-refractivity contribution in [2.24, 2.45) is 5.92 Å². The van der Waals surface area contributed by atoms with Crippen LogP contribution in [0.3, 0.4) is 0 Å². The van der Waals surface area contributed by atoms with Crippen LogP contribution in [0.5, 0.6) is 6.01 Å². The number of pyridine rings is 1. The van der Waals surface area contributed by atoms with Crippen LogP contribution in [0.1, 0.15) is 46.8 Å². The van der Waals surface area contributed by atoms with Gasteiger partial charge in [-0.05, 0) is 55.8 Å². The molecule has 12 heteroatoms. The summed E-state index contributed by atoms with van der Waals surface area (Å²) in [7, 11) is 0. The predicted molar refractivity (Wildman–Crippen MR) is 164 cm³/mol. The summed E-state index contributed by atoms with van der Waals surface area (Å²) in [6.45, 7) is -1.49. The molecule has 2 aromatic carbocycles. The Morgan fingerprint density at radius 1 is 1.11 bits per heavy atom. The number of nitrogen functional groups attached to an aromatic ring is 1. The number of hydrogen-bond acceptors (Lipinski definition) is 7. The van der Waals surface area contributed by atoms with Gasteiger partial charge in [0.2, 0.25) is 0 Å². The Kier molecular flexibility index (Phi) is 6.24. The third-order valence-electron chi connectivity index (χ3n) is 9.98. The van der Waals surface area contributed by atoms with Gasteiger partial charge >= 0.3 is 6.01 Å². The number of halogens is 5. The SMILES string of the molecule is [2H]C([2H])(Oc1nc(N2CCCC[C@H]3[C@H](F)[C@H]32)c2cnc(-c3cc(N)cc4cc(F)c(F)c(C#C)c34)c(F)c2n1)[C@@]12CCCN1C[C@H](F)C2. The average molecular weight is 637 g/mol. The monoisotopic (exact) mass is 636 g/mol. The average Bonchev–Trinajstić information content (AvgIpc) is 3.39. The molecule has 2 aromatic heterocycles. The lowest BCUT2D eigenvalue weighted by Crippen LogP contribution is -2.43. The lowest BCUT2D eigenvalue weighted by atomic mass is 9.95. The number of terminal acetylenes is 1. The highest BCUT2D eigenvalue weighted by Gasteiger charge is 2.56. The molecule has 0 unspecified atom stereocenters. The zero-order chi connectivity index (χ0) is 33.7. The summed E-state index contributed by atoms with van der Waals surface area (Å²) in [6, 6.07) is 2.61. The lowest BCUT2D eigenvalue weighted by molar-refractivity contribution is 0.107. The van der Waals surface area contributed by atoms with E-state index in [9.17, 15) is 13.2 Å². The van der Waals surface area contributed by atoms with Gasteiger partial charge in [-0.15, -0.1) is 6.42 Å². The van der Waals surface area contributed by atoms with Gasteiger partial charge in [0, 0.05) is 48.3 Å². The molecule has 3 aliphatic heterocycles. The molecule has 7 nitrogen and oxygen atoms in total. The molecule has 5 heterocycles. The molecular weight excluding hydrogens is 603 g/mol. The number of rotatable bonds is 5. The first-order chi connectivity index (χ1) is 22.9. The predicted octanol–water partition coefficient (Wildman–Crippen LogP) is 6.11. The highest BCUT2D eigenvalue weighted by Crippen LogP contribution is 2.48. The van der Waals surface area contributed by atoms with Crippen LogP contribution in [-0.4, -0.2) is 70.0 Å². The fourth-order valence-electron chi connectivity index (χ4n) is 7.81. The van der Waals surface area contributed by atoms with E-state index in [0.717, 1.165) is 18.9 Å². The number of fused-ring (bicyclic) bond motifs is 4. The topological polar surface area (TPSA) is 80.4 Å². The van der Waals surface area contributed by atoms with Crippen molar-refractivity contribution in [3.05, 3.63) is 47.4 Å². The van der Waals surface area contributed by atoms with Crippen molar-refractivity contribution in [3.8, 4) is 29.6 Å². The van der Waals surface area contributed by atoms with E-state index >= 15 is 8.78 Å². The van der Waals surface area contributed by atoms with Crippen LogP contribution >= 0.6 is 0 Å². The van der Waals surface area contributed by atoms with E-state index in [1.54, 1.807) is 9.80 Å². The summed E-state index contributed by atoms with van der Waals surface area (Å²) >= 11 is 0. The summed E-state index contributed by atoms with van der Waals surface area (Å²) in [5.74, 6) is -1.44. The minimum atomic E-state index is -2.47. The van der Waals surface area contributed by atoms with Crippen LogP contribution in [0.25, 0.3) is 32.9 Å². The zero-order valence-electron chi connectivity index (χ0n) is 26.7. The van der Waals surface area contributed by atoms with Gasteiger partial charge in [0.1, 0.15) is 35.9 Å². The molecule has 0 bridgehead atoms. The molecule has 46 heavy (non-hydrogen) atoms. The quantitative estimate of drug-likeness (QED) is 0.161. The molecule has 238 valence electrons. The van der Waals surface area contributed by atoms with Gasteiger partial charge in [-0.3, -0.25) is 9.88 Å². The van der Waals surface area contributed by atoms with Gasteiger partial charge in [0.25, 0.3) is 0 Å². The van der Waals surface area contributed by atoms with Crippen LogP contribution in [0.2, 0.25) is 0 Å². The van der Waals surface area contributed by atoms with Gasteiger partial charge in [0.15, 0.2) is 17.5 Å². The molecule has 0 amide bonds. The first-order valence-corrected chi connectivity index (χ1v) is 15.5. The molecule has 5 atom stereocenters. The Labute approximate surface area is 264 Å². The highest BCUT2D eigenvalue weighted by molar-refractivity contribution is 6.04. The van der Waals surface area contributed by atoms with Gasteiger partial charge in [-0.25, -0.2) is 22.0 Å². The number of alkyl halides is 2. The van der Waals surface area contributed by atoms with Crippen molar-refractivity contribution >= 4 is 33.2 Å². The third-order valence-corrected chi connectivity index (χ3v) is 9.98. The third kappa shape index (κ3) is 4.46. The largest absolute Gasteiger partial charge is 0.461 e. The molecule has 0 radical (unpaired) electrons. The second-order valence-corrected chi connectivity index (χ2v) is 12.7. The molecule has 4 aliphatic rings. The van der Waals surface area contributed by atoms with Crippen molar-refractivity contribution in [2.45, 2.75) is 62.4 Å². The minimum Gasteiger partial charge on any atom is -0.461 e. The van der Waals surface area contributed by atoms with Gasteiger partial charge < -0.3 is 15.4 Å². The van der Waals surface area contributed by atoms with Gasteiger partial charge in [0.05, 0.1) is 25.3 Å². The maximum Gasteiger partial charge on any atom is 0.319 e. The highest BCUT2D eigenvalue weighted by atomic mass is 19.2. The summed E-state index contributed by atoms with van der Waals surface area (Å²) in [5.41, 5.74) is 3.83. The normalized spacial score (nSPS) is 28.4. The summed E-state index contributed by atoms with van der Waals surface area (Å²) in [6.07, 6.45) is 7.64. The first-order valence-electron chi connectivity index (χ1n) is 16.5. The molecule has 0 spiro atoms. The number of hydrogen-bond donors (Lipinski definition) is 1. The Bertz CT molecular complexity index is 2040. The molecule has 4 aromatic rings. The molecule has 1 saturated carbocycles. The second kappa shape index (κ2) is 10.7. The van der Waals surface area contributed by atoms with Crippen molar-refractivity contribution in [2.75, 3.05) is 36.8 Å². The van der Waals surface area contributed by atoms with E-state index in [0.29, 0.717) is 32.4 Å². The smallest absolute Gasteiger partial charge is 0.319 e. The van der Waals surface area contributed by atoms with Crippen LogP contribution in [-0.2, 0) is 0 Å². The fraction of sp³-hybridized carbons (Fsp3) is 0.441. The summed E-state index contributed by atoms with van der Waals surface area (Å²) in [4.78, 5) is 16.7. The maximum atomic E-state index is 16.9. The summed E-state index contributed by atoms with van der Waals surface area (Å²) < 4.78 is 99.9. The first kappa shape index (κ1) is 26.9. The zero-order valence-corrected chi connectivity index (χ0v) is 24.7. The van der Waals surface area contributed by atoms with Crippen molar-refractivity contribution in [1.82, 2.24) is 19.9 Å². The van der Waals surface area contributed by atoms with E-state index in [-0.39, 0.29) is 63.3 Å². The number of nitrogens with two attached hydrogens (primary N) is 1. The minimum absolute atomic E-state index is 0.00878. The standard InChI is InChI=1S/C34H31F5N6O/c1-2-20-25-17(11-24(36)26(20)37)10-19(40)12-22(25)29-28(39)30-23(14-41-29)32(45-9-4-3-6-21-27(38)31(21)45)43-33(42-30)46-16-34-7-5-8-44(34)15-18(35)13-34/h1,10-12,14,18,21,27,31H,3-9,13,15-16,40H2/t18-,21+,27+,31+,34+/m1/s1/i16D2. The number of aromatic nitrogens is 3. The van der Waals surface area contributed by atoms with E-state index in [4.69, 9.17) is 19.6 Å². The Balaban J connectivity index is 1.33. The van der Waals surface area contributed by atoms with Crippen LogP contribution in [0.4, 0.5) is 33.5 Å². The van der Waals surface area contributed by atoms with Gasteiger partial charge in [-0.1, -0.05) is 12.3 Å². The summed E-state index contributed by atoms with van der Waals surface area (Å²) in [5, 5.41) is 0.256. The number of anilines is 2.